The molecule has 4 aliphatic rings. The number of ether oxygens (including phenoxy) is 2. The average Bonchev–Trinajstić information content (AvgIpc) is 3.67. The molecule has 368 valence electrons. The van der Waals surface area contributed by atoms with Crippen LogP contribution in [0.25, 0.3) is 0 Å². The van der Waals surface area contributed by atoms with Crippen molar-refractivity contribution in [2.45, 2.75) is 180 Å². The smallest absolute Gasteiger partial charge is 0.307 e. The van der Waals surface area contributed by atoms with E-state index in [4.69, 9.17) is 9.47 Å². The van der Waals surface area contributed by atoms with Crippen LogP contribution in [0.15, 0.2) is 30.3 Å². The molecule has 3 amide bonds. The van der Waals surface area contributed by atoms with Crippen LogP contribution in [-0.4, -0.2) is 138 Å². The molecule has 1 aromatic rings. The summed E-state index contributed by atoms with van der Waals surface area (Å²) >= 11 is 0. The number of hydrogen-bond donors (Lipinski definition) is 2. The van der Waals surface area contributed by atoms with Crippen molar-refractivity contribution in [2.24, 2.45) is 35.5 Å². The van der Waals surface area contributed by atoms with Gasteiger partial charge < -0.3 is 34.6 Å². The third kappa shape index (κ3) is 13.4. The summed E-state index contributed by atoms with van der Waals surface area (Å²) in [5, 5.41) is 13.1. The number of rotatable bonds is 29. The molecule has 14 heteroatoms. The van der Waals surface area contributed by atoms with Crippen LogP contribution in [-0.2, 0) is 49.5 Å². The Labute approximate surface area is 393 Å². The molecule has 0 unspecified atom stereocenters. The number of likely N-dealkylation sites (tertiary alicyclic amines) is 2. The Kier molecular flexibility index (Phi) is 19.9. The number of piperidine rings is 1. The van der Waals surface area contributed by atoms with Crippen molar-refractivity contribution in [1.82, 2.24) is 20.0 Å². The van der Waals surface area contributed by atoms with Gasteiger partial charge in [-0.15, -0.1) is 0 Å². The maximum atomic E-state index is 14.7. The Morgan fingerprint density at radius 2 is 1.53 bits per heavy atom. The maximum absolute atomic E-state index is 14.7. The molecule has 3 aliphatic heterocycles. The first kappa shape index (κ1) is 53.0. The second-order valence-electron chi connectivity index (χ2n) is 20.3. The van der Waals surface area contributed by atoms with Gasteiger partial charge in [-0.05, 0) is 74.7 Å². The summed E-state index contributed by atoms with van der Waals surface area (Å²) in [5.41, 5.74) is 0.840. The van der Waals surface area contributed by atoms with E-state index in [-0.39, 0.29) is 90.6 Å². The highest BCUT2D eigenvalue weighted by atomic mass is 16.5. The van der Waals surface area contributed by atoms with Crippen molar-refractivity contribution in [3.8, 4) is 0 Å². The van der Waals surface area contributed by atoms with Gasteiger partial charge in [0.1, 0.15) is 5.78 Å². The van der Waals surface area contributed by atoms with Gasteiger partial charge in [-0.25, -0.2) is 0 Å². The van der Waals surface area contributed by atoms with Crippen molar-refractivity contribution < 1.29 is 48.1 Å². The zero-order chi connectivity index (χ0) is 48.2. The van der Waals surface area contributed by atoms with Crippen molar-refractivity contribution in [3.63, 3.8) is 0 Å². The van der Waals surface area contributed by atoms with E-state index in [1.54, 1.807) is 30.9 Å². The van der Waals surface area contributed by atoms with E-state index in [9.17, 15) is 38.7 Å². The number of aliphatic carboxylic acids is 1. The monoisotopic (exact) mass is 921 g/mol. The number of fused-ring (bicyclic) bond motifs is 2. The third-order valence-electron chi connectivity index (χ3n) is 15.6. The molecule has 4 fully saturated rings. The Morgan fingerprint density at radius 1 is 0.848 bits per heavy atom. The van der Waals surface area contributed by atoms with Crippen LogP contribution >= 0.6 is 0 Å². The van der Waals surface area contributed by atoms with Crippen LogP contribution < -0.4 is 5.32 Å². The number of amides is 3. The first-order chi connectivity index (χ1) is 31.5. The van der Waals surface area contributed by atoms with Crippen LogP contribution in [0.1, 0.15) is 136 Å². The molecule has 3 heterocycles. The number of unbranched alkanes of at least 4 members (excludes halogenated alkanes) is 3. The van der Waals surface area contributed by atoms with E-state index >= 15 is 0 Å². The predicted molar refractivity (Wildman–Crippen MR) is 251 cm³/mol. The van der Waals surface area contributed by atoms with Gasteiger partial charge >= 0.3 is 5.97 Å². The Balaban J connectivity index is 1.22. The van der Waals surface area contributed by atoms with Gasteiger partial charge in [-0.3, -0.25) is 33.6 Å². The van der Waals surface area contributed by atoms with Crippen LogP contribution in [0.2, 0.25) is 0 Å². The number of Topliss-reactive ketones (excluding diaryl/α,β-unsaturated/α-hetero) is 3. The zero-order valence-corrected chi connectivity index (χ0v) is 41.1. The second-order valence-corrected chi connectivity index (χ2v) is 20.3. The van der Waals surface area contributed by atoms with E-state index in [0.29, 0.717) is 38.6 Å². The largest absolute Gasteiger partial charge is 0.481 e. The standard InChI is InChI=1S/C52H80N4O10/c1-9-33(4)48(45(65-7)30-47(61)55-25-17-20-41(55)50(66-8)34(5)43(58)28-37(52(63)64)26-35-18-13-12-14-19-35)54(6)51(62)39(32(2)3)29-44(59)49-36-23-24-38(27-36)56(49)46(60)22-16-11-10-15-21-42(57)40-31-53-40/h12-14,18-19,32-34,36-41,45,48-50,53H,9-11,15-17,20-31H2,1-8H3,(H,63,64)/t33-,34-,36-,37+,38+,39-,40+,41-,45+,48-,49-,50+/m0/s1. The minimum absolute atomic E-state index is 0.0107. The minimum Gasteiger partial charge on any atom is -0.481 e. The fourth-order valence-electron chi connectivity index (χ4n) is 11.4. The Morgan fingerprint density at radius 3 is 2.14 bits per heavy atom. The van der Waals surface area contributed by atoms with Crippen molar-refractivity contribution >= 4 is 41.0 Å². The highest BCUT2D eigenvalue weighted by Gasteiger charge is 2.51. The molecule has 1 aromatic carbocycles. The number of nitrogens with one attached hydrogen (secondary N) is 1. The van der Waals surface area contributed by atoms with Crippen LogP contribution in [0.4, 0.5) is 0 Å². The van der Waals surface area contributed by atoms with E-state index in [2.05, 4.69) is 5.32 Å². The quantitative estimate of drug-likeness (QED) is 0.0678. The molecule has 1 aliphatic carbocycles. The lowest BCUT2D eigenvalue weighted by Crippen LogP contribution is -2.54. The molecule has 0 spiro atoms. The zero-order valence-electron chi connectivity index (χ0n) is 41.1. The fraction of sp³-hybridized carbons (Fsp3) is 0.750. The van der Waals surface area contributed by atoms with Gasteiger partial charge in [0.15, 0.2) is 11.6 Å². The SMILES string of the molecule is CC[C@H](C)[C@@H]([C@@H](CC(=O)N1CCC[C@H]1[C@H](OC)[C@@H](C)C(=O)C[C@@H](Cc1ccccc1)C(=O)O)OC)N(C)C(=O)[C@@H](CC(=O)[C@@H]1[C@H]2CC[C@H](C2)N1C(=O)CCCCCCC(=O)[C@H]1CN1)C(C)C. The molecular weight excluding hydrogens is 841 g/mol. The average molecular weight is 921 g/mol. The molecule has 0 aromatic heterocycles. The van der Waals surface area contributed by atoms with E-state index in [0.717, 1.165) is 57.1 Å². The molecule has 0 radical (unpaired) electrons. The number of ketones is 3. The minimum atomic E-state index is -1.03. The van der Waals surface area contributed by atoms with Crippen LogP contribution in [0.5, 0.6) is 0 Å². The molecule has 3 saturated heterocycles. The molecule has 5 rings (SSSR count). The number of nitrogens with zero attached hydrogens (tertiary/aromatic N) is 3. The normalized spacial score (nSPS) is 24.3. The molecule has 2 N–H and O–H groups in total. The van der Waals surface area contributed by atoms with Crippen molar-refractivity contribution in [2.75, 3.05) is 34.4 Å². The maximum Gasteiger partial charge on any atom is 0.307 e. The second kappa shape index (κ2) is 24.8. The number of carbonyl (C=O) groups is 7. The lowest BCUT2D eigenvalue weighted by Gasteiger charge is -2.41. The van der Waals surface area contributed by atoms with Gasteiger partial charge in [0.2, 0.25) is 17.7 Å². The van der Waals surface area contributed by atoms with E-state index in [1.165, 1.54) is 7.11 Å². The van der Waals surface area contributed by atoms with Gasteiger partial charge in [0, 0.05) is 77.9 Å². The molecule has 14 nitrogen and oxygen atoms in total. The highest BCUT2D eigenvalue weighted by Crippen LogP contribution is 2.44. The van der Waals surface area contributed by atoms with E-state index in [1.807, 2.05) is 62.9 Å². The first-order valence-electron chi connectivity index (χ1n) is 25.0. The molecule has 2 bridgehead atoms. The van der Waals surface area contributed by atoms with Gasteiger partial charge in [0.05, 0.1) is 48.7 Å². The van der Waals surface area contributed by atoms with Crippen LogP contribution in [0, 0.1) is 35.5 Å². The van der Waals surface area contributed by atoms with Gasteiger partial charge in [-0.1, -0.05) is 84.2 Å². The summed E-state index contributed by atoms with van der Waals surface area (Å²) in [6.07, 6.45) is 7.66. The van der Waals surface area contributed by atoms with Gasteiger partial charge in [0.25, 0.3) is 0 Å². The highest BCUT2D eigenvalue weighted by molar-refractivity contribution is 5.94. The summed E-state index contributed by atoms with van der Waals surface area (Å²) < 4.78 is 12.1. The first-order valence-corrected chi connectivity index (χ1v) is 25.0. The summed E-state index contributed by atoms with van der Waals surface area (Å²) in [5.74, 6) is -3.73. The summed E-state index contributed by atoms with van der Waals surface area (Å²) in [4.78, 5) is 101. The topological polar surface area (TPSA) is 190 Å². The number of carboxylic acids is 1. The summed E-state index contributed by atoms with van der Waals surface area (Å²) in [7, 11) is 4.83. The Bertz CT molecular complexity index is 1820. The van der Waals surface area contributed by atoms with Crippen LogP contribution in [0.3, 0.4) is 0 Å². The molecular formula is C52H80N4O10. The predicted octanol–water partition coefficient (Wildman–Crippen LogP) is 6.30. The van der Waals surface area contributed by atoms with Crippen molar-refractivity contribution in [3.05, 3.63) is 35.9 Å². The lowest BCUT2D eigenvalue weighted by molar-refractivity contribution is -0.150. The third-order valence-corrected chi connectivity index (χ3v) is 15.6. The molecule has 1 saturated carbocycles. The fourth-order valence-corrected chi connectivity index (χ4v) is 11.4. The number of hydrogen-bond acceptors (Lipinski definition) is 10. The number of benzene rings is 1. The number of likely N-dealkylation sites (N-methyl/N-ethyl adjacent to an activating group) is 1. The Hall–Kier alpha value is -4.01. The van der Waals surface area contributed by atoms with Crippen molar-refractivity contribution in [1.29, 1.82) is 0 Å². The lowest BCUT2D eigenvalue weighted by atomic mass is 9.83. The summed E-state index contributed by atoms with van der Waals surface area (Å²) in [6.45, 7) is 11.0. The summed E-state index contributed by atoms with van der Waals surface area (Å²) in [6, 6.07) is 7.92. The van der Waals surface area contributed by atoms with E-state index < -0.39 is 54.1 Å². The number of carboxylic acid groups (broad SMARTS) is 1. The molecule has 66 heavy (non-hydrogen) atoms. The molecule has 12 atom stereocenters. The number of carbonyl (C=O) groups excluding carboxylic acids is 6. The van der Waals surface area contributed by atoms with Gasteiger partial charge in [-0.2, -0.15) is 0 Å². The number of methoxy groups -OCH3 is 2.